The summed E-state index contributed by atoms with van der Waals surface area (Å²) in [7, 11) is 1.66. The number of carboxylic acid groups (broad SMARTS) is 1. The van der Waals surface area contributed by atoms with Crippen molar-refractivity contribution in [2.24, 2.45) is 17.3 Å². The molecule has 2 heterocycles. The van der Waals surface area contributed by atoms with Gasteiger partial charge in [0.1, 0.15) is 11.9 Å². The summed E-state index contributed by atoms with van der Waals surface area (Å²) in [5.41, 5.74) is 6.11. The van der Waals surface area contributed by atoms with Gasteiger partial charge in [-0.3, -0.25) is 4.79 Å². The van der Waals surface area contributed by atoms with E-state index in [4.69, 9.17) is 4.74 Å². The molecule has 3 aliphatic rings. The van der Waals surface area contributed by atoms with Crippen LogP contribution in [0.3, 0.4) is 0 Å². The number of fused-ring (bicyclic) bond motifs is 4. The average Bonchev–Trinajstić information content (AvgIpc) is 3.17. The molecular formula is C27H29NO4. The lowest BCUT2D eigenvalue weighted by atomic mass is 9.61. The van der Waals surface area contributed by atoms with Gasteiger partial charge in [-0.15, -0.1) is 0 Å². The number of carbonyl (C=O) groups is 2. The Hall–Kier alpha value is -2.92. The molecule has 1 fully saturated rings. The summed E-state index contributed by atoms with van der Waals surface area (Å²) in [5.74, 6) is -0.548. The Morgan fingerprint density at radius 1 is 1.09 bits per heavy atom. The van der Waals surface area contributed by atoms with Crippen molar-refractivity contribution in [3.8, 4) is 11.1 Å². The lowest BCUT2D eigenvalue weighted by molar-refractivity contribution is -0.247. The maximum Gasteiger partial charge on any atom is 0.352 e. The number of methoxy groups -OCH3 is 1. The van der Waals surface area contributed by atoms with Gasteiger partial charge in [0, 0.05) is 35.6 Å². The van der Waals surface area contributed by atoms with Crippen molar-refractivity contribution in [3.63, 3.8) is 0 Å². The maximum absolute atomic E-state index is 12.9. The molecule has 0 aromatic heterocycles. The predicted molar refractivity (Wildman–Crippen MR) is 123 cm³/mol. The third-order valence-electron chi connectivity index (χ3n) is 8.12. The number of benzene rings is 2. The van der Waals surface area contributed by atoms with E-state index in [1.54, 1.807) is 7.11 Å². The number of rotatable bonds is 4. The van der Waals surface area contributed by atoms with Gasteiger partial charge in [-0.1, -0.05) is 51.5 Å². The lowest BCUT2D eigenvalue weighted by Crippen LogP contribution is -2.72. The zero-order chi connectivity index (χ0) is 23.1. The van der Waals surface area contributed by atoms with Gasteiger partial charge in [0.25, 0.3) is 0 Å². The molecule has 5 nitrogen and oxygen atoms in total. The fourth-order valence-electron chi connectivity index (χ4n) is 6.34. The normalized spacial score (nSPS) is 28.0. The summed E-state index contributed by atoms with van der Waals surface area (Å²) in [6, 6.07) is 11.8. The van der Waals surface area contributed by atoms with Crippen LogP contribution in [0.15, 0.2) is 42.1 Å². The van der Waals surface area contributed by atoms with Gasteiger partial charge in [-0.05, 0) is 53.3 Å². The maximum atomic E-state index is 12.9. The van der Waals surface area contributed by atoms with Crippen LogP contribution in [-0.2, 0) is 9.53 Å². The van der Waals surface area contributed by atoms with Crippen LogP contribution in [0.5, 0.6) is 0 Å². The fraction of sp³-hybridized carbons (Fsp3) is 0.407. The highest BCUT2D eigenvalue weighted by Gasteiger charge is 2.66. The highest BCUT2D eigenvalue weighted by Crippen LogP contribution is 2.61. The van der Waals surface area contributed by atoms with Crippen LogP contribution in [0.1, 0.15) is 54.7 Å². The molecule has 166 valence electrons. The minimum Gasteiger partial charge on any atom is -0.477 e. The van der Waals surface area contributed by atoms with Gasteiger partial charge in [0.05, 0.1) is 0 Å². The number of aliphatic carboxylic acids is 1. The summed E-state index contributed by atoms with van der Waals surface area (Å²) < 4.78 is 5.82. The number of hydrogen-bond acceptors (Lipinski definition) is 4. The molecule has 5 rings (SSSR count). The number of aryl methyl sites for hydroxylation is 1. The third kappa shape index (κ3) is 2.43. The molecule has 0 saturated carbocycles. The fourth-order valence-corrected chi connectivity index (χ4v) is 6.34. The molecule has 32 heavy (non-hydrogen) atoms. The van der Waals surface area contributed by atoms with Crippen LogP contribution in [0.25, 0.3) is 16.7 Å². The van der Waals surface area contributed by atoms with Crippen molar-refractivity contribution in [1.82, 2.24) is 4.90 Å². The molecule has 2 aliphatic heterocycles. The molecule has 1 saturated heterocycles. The summed E-state index contributed by atoms with van der Waals surface area (Å²) >= 11 is 0. The Labute approximate surface area is 188 Å². The van der Waals surface area contributed by atoms with Crippen molar-refractivity contribution in [2.45, 2.75) is 46.9 Å². The third-order valence-corrected chi connectivity index (χ3v) is 8.12. The molecule has 0 radical (unpaired) electrons. The highest BCUT2D eigenvalue weighted by molar-refractivity contribution is 6.22. The monoisotopic (exact) mass is 431 g/mol. The first-order chi connectivity index (χ1) is 15.1. The Balaban J connectivity index is 1.67. The first-order valence-corrected chi connectivity index (χ1v) is 11.2. The number of carbonyl (C=O) groups excluding carboxylic acids is 1. The highest BCUT2D eigenvalue weighted by atomic mass is 16.5. The van der Waals surface area contributed by atoms with Crippen molar-refractivity contribution in [1.29, 1.82) is 0 Å². The molecular weight excluding hydrogens is 402 g/mol. The second kappa shape index (κ2) is 6.79. The van der Waals surface area contributed by atoms with E-state index in [1.165, 1.54) is 0 Å². The largest absolute Gasteiger partial charge is 0.477 e. The molecule has 0 spiro atoms. The zero-order valence-corrected chi connectivity index (χ0v) is 19.4. The molecule has 1 unspecified atom stereocenters. The molecule has 4 atom stereocenters. The molecule has 2 aromatic rings. The first-order valence-electron chi connectivity index (χ1n) is 11.2. The second-order valence-electron chi connectivity index (χ2n) is 9.96. The van der Waals surface area contributed by atoms with E-state index in [0.29, 0.717) is 17.2 Å². The number of carboxylic acids is 1. The second-order valence-corrected chi connectivity index (χ2v) is 9.96. The van der Waals surface area contributed by atoms with E-state index in [9.17, 15) is 14.7 Å². The molecule has 1 N–H and O–H groups in total. The van der Waals surface area contributed by atoms with E-state index in [2.05, 4.69) is 27.7 Å². The van der Waals surface area contributed by atoms with Gasteiger partial charge in [-0.25, -0.2) is 4.79 Å². The number of nitrogens with zero attached hydrogens (tertiary/aromatic N) is 1. The van der Waals surface area contributed by atoms with E-state index >= 15 is 0 Å². The smallest absolute Gasteiger partial charge is 0.352 e. The van der Waals surface area contributed by atoms with Crippen molar-refractivity contribution in [3.05, 3.63) is 64.3 Å². The van der Waals surface area contributed by atoms with Gasteiger partial charge >= 0.3 is 5.97 Å². The summed E-state index contributed by atoms with van der Waals surface area (Å²) in [4.78, 5) is 27.4. The van der Waals surface area contributed by atoms with E-state index < -0.39 is 5.97 Å². The molecule has 5 heteroatoms. The lowest BCUT2D eigenvalue weighted by Gasteiger charge is -2.63. The van der Waals surface area contributed by atoms with Crippen LogP contribution in [0.4, 0.5) is 0 Å². The topological polar surface area (TPSA) is 66.8 Å². The SMILES string of the molecule is COC1N2C(C(=O)O)=C(c3ccc4c(c3)-c3ccc(C)cc3C4=O)[C@H](C)[C@@H]2[C@@]1(C)C(C)C. The first kappa shape index (κ1) is 21.0. The zero-order valence-electron chi connectivity index (χ0n) is 19.4. The standard InChI is InChI=1S/C27H29NO4/c1-13(2)27(5)24-15(4)21(22(25(30)31)28(24)26(27)32-6)16-8-10-18-19(12-16)17-9-7-14(3)11-20(17)23(18)29/h7-13,15,24,26H,1-6H3,(H,30,31)/t15-,24+,26?,27+/m0/s1. The van der Waals surface area contributed by atoms with E-state index in [0.717, 1.165) is 33.4 Å². The van der Waals surface area contributed by atoms with E-state index in [1.807, 2.05) is 48.2 Å². The van der Waals surface area contributed by atoms with Crippen LogP contribution >= 0.6 is 0 Å². The van der Waals surface area contributed by atoms with Crippen LogP contribution in [0, 0.1) is 24.2 Å². The molecule has 2 aromatic carbocycles. The van der Waals surface area contributed by atoms with Gasteiger partial charge in [0.2, 0.25) is 0 Å². The van der Waals surface area contributed by atoms with Gasteiger partial charge in [-0.2, -0.15) is 0 Å². The van der Waals surface area contributed by atoms with Crippen LogP contribution in [0.2, 0.25) is 0 Å². The molecule has 0 amide bonds. The summed E-state index contributed by atoms with van der Waals surface area (Å²) in [6.07, 6.45) is -0.279. The number of hydrogen-bond donors (Lipinski definition) is 1. The average molecular weight is 432 g/mol. The Morgan fingerprint density at radius 3 is 2.41 bits per heavy atom. The van der Waals surface area contributed by atoms with E-state index in [-0.39, 0.29) is 29.4 Å². The summed E-state index contributed by atoms with van der Waals surface area (Å²) in [6.45, 7) is 10.6. The van der Waals surface area contributed by atoms with Gasteiger partial charge in [0.15, 0.2) is 5.78 Å². The minimum atomic E-state index is -0.935. The van der Waals surface area contributed by atoms with Crippen molar-refractivity contribution < 1.29 is 19.4 Å². The number of ether oxygens (including phenoxy) is 1. The van der Waals surface area contributed by atoms with Crippen LogP contribution < -0.4 is 0 Å². The number of ketones is 1. The van der Waals surface area contributed by atoms with Crippen molar-refractivity contribution in [2.75, 3.05) is 7.11 Å². The van der Waals surface area contributed by atoms with Crippen molar-refractivity contribution >= 4 is 17.3 Å². The Morgan fingerprint density at radius 2 is 1.78 bits per heavy atom. The quantitative estimate of drug-likeness (QED) is 0.632. The molecule has 1 aliphatic carbocycles. The van der Waals surface area contributed by atoms with Gasteiger partial charge < -0.3 is 14.7 Å². The minimum absolute atomic E-state index is 0.0209. The Bertz CT molecular complexity index is 1210. The predicted octanol–water partition coefficient (Wildman–Crippen LogP) is 4.97. The summed E-state index contributed by atoms with van der Waals surface area (Å²) in [5, 5.41) is 10.2. The molecule has 0 bridgehead atoms. The van der Waals surface area contributed by atoms with Crippen LogP contribution in [-0.4, -0.2) is 41.1 Å². The Kier molecular flexibility index (Phi) is 4.44.